The number of hydrogen-bond donors (Lipinski definition) is 0. The molecule has 4 nitrogen and oxygen atoms in total. The molecule has 4 aliphatic rings. The van der Waals surface area contributed by atoms with Gasteiger partial charge in [0.05, 0.1) is 16.3 Å². The van der Waals surface area contributed by atoms with Gasteiger partial charge in [0.2, 0.25) is 0 Å². The van der Waals surface area contributed by atoms with E-state index in [2.05, 4.69) is 12.0 Å². The predicted octanol–water partition coefficient (Wildman–Crippen LogP) is 4.77. The summed E-state index contributed by atoms with van der Waals surface area (Å²) in [5.41, 5.74) is 4.28. The molecule has 6 rings (SSSR count). The van der Waals surface area contributed by atoms with Crippen molar-refractivity contribution in [2.75, 3.05) is 0 Å². The molecule has 0 aliphatic heterocycles. The normalized spacial score (nSPS) is 31.5. The van der Waals surface area contributed by atoms with Gasteiger partial charge in [-0.2, -0.15) is 17.6 Å². The molecule has 0 N–H and O–H groups in total. The van der Waals surface area contributed by atoms with Crippen LogP contribution in [0, 0.1) is 31.6 Å². The van der Waals surface area contributed by atoms with Crippen LogP contribution in [0.1, 0.15) is 68.0 Å². The van der Waals surface area contributed by atoms with Crippen LogP contribution in [0.25, 0.3) is 0 Å². The van der Waals surface area contributed by atoms with E-state index in [-0.39, 0.29) is 5.41 Å². The Morgan fingerprint density at radius 3 is 2.04 bits per heavy atom. The van der Waals surface area contributed by atoms with Crippen LogP contribution in [-0.2, 0) is 21.9 Å². The topological polar surface area (TPSA) is 52.0 Å². The minimum Gasteiger partial charge on any atom is -0.199 e. The summed E-state index contributed by atoms with van der Waals surface area (Å²) in [4.78, 5) is 0.326. The highest BCUT2D eigenvalue weighted by Gasteiger charge is 2.53. The van der Waals surface area contributed by atoms with Gasteiger partial charge in [-0.15, -0.1) is 0 Å². The van der Waals surface area contributed by atoms with E-state index >= 15 is 0 Å². The van der Waals surface area contributed by atoms with Gasteiger partial charge in [-0.3, -0.25) is 0 Å². The quantitative estimate of drug-likeness (QED) is 0.746. The van der Waals surface area contributed by atoms with E-state index in [0.29, 0.717) is 4.90 Å². The molecular formula is C23H30N2O2S. The maximum Gasteiger partial charge on any atom is 0.283 e. The Morgan fingerprint density at radius 2 is 1.54 bits per heavy atom. The molecule has 0 radical (unpaired) electrons. The molecular weight excluding hydrogens is 368 g/mol. The van der Waals surface area contributed by atoms with Gasteiger partial charge in [-0.25, -0.2) is 0 Å². The molecule has 5 heteroatoms. The highest BCUT2D eigenvalue weighted by atomic mass is 32.2. The summed E-state index contributed by atoms with van der Waals surface area (Å²) in [5.74, 6) is 2.48. The molecule has 0 saturated heterocycles. The highest BCUT2D eigenvalue weighted by Crippen LogP contribution is 2.61. The van der Waals surface area contributed by atoms with E-state index in [9.17, 15) is 8.42 Å². The Morgan fingerprint density at radius 1 is 1.00 bits per heavy atom. The van der Waals surface area contributed by atoms with E-state index in [4.69, 9.17) is 0 Å². The molecule has 4 saturated carbocycles. The smallest absolute Gasteiger partial charge is 0.199 e. The van der Waals surface area contributed by atoms with Gasteiger partial charge in [0, 0.05) is 5.56 Å². The van der Waals surface area contributed by atoms with Crippen molar-refractivity contribution in [3.8, 4) is 0 Å². The summed E-state index contributed by atoms with van der Waals surface area (Å²) in [7, 11) is -3.66. The Hall–Kier alpha value is -1.62. The molecule has 0 unspecified atom stereocenters. The van der Waals surface area contributed by atoms with Crippen molar-refractivity contribution in [2.24, 2.45) is 17.8 Å². The second kappa shape index (κ2) is 6.19. The Balaban J connectivity index is 1.58. The molecule has 1 aromatic heterocycles. The number of aromatic nitrogens is 2. The molecule has 4 aliphatic carbocycles. The standard InChI is InChI=1S/C23H30N2O2S/c1-4-17-5-7-21(8-6-17)28(26,27)25-16(3)22(15(2)24-25)23-12-18-9-19(13-23)11-20(10-18)14-23/h5-8,18-20H,4,9-14H2,1-3H3. The fourth-order valence-corrected chi connectivity index (χ4v) is 8.40. The lowest BCUT2D eigenvalue weighted by molar-refractivity contribution is -0.00574. The SMILES string of the molecule is CCc1ccc(S(=O)(=O)n2nc(C)c(C34CC5CC(CC(C5)C3)C4)c2C)cc1. The van der Waals surface area contributed by atoms with Crippen molar-refractivity contribution in [1.82, 2.24) is 9.19 Å². The highest BCUT2D eigenvalue weighted by molar-refractivity contribution is 7.89. The van der Waals surface area contributed by atoms with Gasteiger partial charge >= 0.3 is 0 Å². The largest absolute Gasteiger partial charge is 0.283 e. The van der Waals surface area contributed by atoms with Crippen molar-refractivity contribution in [3.63, 3.8) is 0 Å². The molecule has 0 spiro atoms. The zero-order valence-corrected chi connectivity index (χ0v) is 17.9. The zero-order valence-electron chi connectivity index (χ0n) is 17.1. The van der Waals surface area contributed by atoms with Gasteiger partial charge in [0.25, 0.3) is 10.0 Å². The molecule has 4 bridgehead atoms. The van der Waals surface area contributed by atoms with E-state index in [1.165, 1.54) is 48.2 Å². The Labute approximate surface area is 168 Å². The van der Waals surface area contributed by atoms with E-state index < -0.39 is 10.0 Å². The van der Waals surface area contributed by atoms with Crippen molar-refractivity contribution < 1.29 is 8.42 Å². The average Bonchev–Trinajstić information content (AvgIpc) is 2.96. The Bertz CT molecular complexity index is 982. The minimum atomic E-state index is -3.66. The maximum atomic E-state index is 13.3. The van der Waals surface area contributed by atoms with Gasteiger partial charge in [0.1, 0.15) is 0 Å². The number of aryl methyl sites for hydroxylation is 2. The van der Waals surface area contributed by atoms with Crippen LogP contribution >= 0.6 is 0 Å². The lowest BCUT2D eigenvalue weighted by Gasteiger charge is -2.57. The van der Waals surface area contributed by atoms with Crippen LogP contribution < -0.4 is 0 Å². The third-order valence-electron chi connectivity index (χ3n) is 7.68. The van der Waals surface area contributed by atoms with Gasteiger partial charge in [0.15, 0.2) is 0 Å². The zero-order chi connectivity index (χ0) is 19.7. The van der Waals surface area contributed by atoms with Crippen LogP contribution in [-0.4, -0.2) is 17.6 Å². The van der Waals surface area contributed by atoms with E-state index in [0.717, 1.165) is 41.1 Å². The van der Waals surface area contributed by atoms with Crippen molar-refractivity contribution in [3.05, 3.63) is 46.8 Å². The summed E-state index contributed by atoms with van der Waals surface area (Å²) >= 11 is 0. The first kappa shape index (κ1) is 18.4. The number of hydrogen-bond acceptors (Lipinski definition) is 3. The van der Waals surface area contributed by atoms with Crippen LogP contribution in [0.3, 0.4) is 0 Å². The molecule has 2 aromatic rings. The molecule has 150 valence electrons. The summed E-state index contributed by atoms with van der Waals surface area (Å²) in [6, 6.07) is 7.24. The molecule has 0 amide bonds. The lowest BCUT2D eigenvalue weighted by atomic mass is 9.48. The van der Waals surface area contributed by atoms with E-state index in [1.54, 1.807) is 12.1 Å². The first-order valence-electron chi connectivity index (χ1n) is 10.7. The average molecular weight is 399 g/mol. The fraction of sp³-hybridized carbons (Fsp3) is 0.609. The molecule has 1 aromatic carbocycles. The number of rotatable bonds is 4. The van der Waals surface area contributed by atoms with Gasteiger partial charge < -0.3 is 0 Å². The van der Waals surface area contributed by atoms with Crippen molar-refractivity contribution in [1.29, 1.82) is 0 Å². The fourth-order valence-electron chi connectivity index (χ4n) is 7.03. The molecule has 4 fully saturated rings. The minimum absolute atomic E-state index is 0.156. The second-order valence-electron chi connectivity index (χ2n) is 9.59. The van der Waals surface area contributed by atoms with Gasteiger partial charge in [-0.1, -0.05) is 19.1 Å². The predicted molar refractivity (Wildman–Crippen MR) is 110 cm³/mol. The summed E-state index contributed by atoms with van der Waals surface area (Å²) < 4.78 is 28.0. The number of nitrogens with zero attached hydrogens (tertiary/aromatic N) is 2. The Kier molecular flexibility index (Phi) is 4.07. The molecule has 0 atom stereocenters. The summed E-state index contributed by atoms with van der Waals surface area (Å²) in [6.45, 7) is 6.04. The van der Waals surface area contributed by atoms with Crippen LogP contribution in [0.2, 0.25) is 0 Å². The van der Waals surface area contributed by atoms with Gasteiger partial charge in [-0.05, 0) is 99.7 Å². The lowest BCUT2D eigenvalue weighted by Crippen LogP contribution is -2.49. The molecule has 28 heavy (non-hydrogen) atoms. The first-order valence-corrected chi connectivity index (χ1v) is 12.2. The van der Waals surface area contributed by atoms with E-state index in [1.807, 2.05) is 26.0 Å². The first-order chi connectivity index (χ1) is 13.3. The van der Waals surface area contributed by atoms with Crippen LogP contribution in [0.4, 0.5) is 0 Å². The maximum absolute atomic E-state index is 13.3. The monoisotopic (exact) mass is 398 g/mol. The van der Waals surface area contributed by atoms with Crippen molar-refractivity contribution >= 4 is 10.0 Å². The third kappa shape index (κ3) is 2.62. The van der Waals surface area contributed by atoms with Crippen LogP contribution in [0.5, 0.6) is 0 Å². The third-order valence-corrected chi connectivity index (χ3v) is 9.36. The number of benzene rings is 1. The summed E-state index contributed by atoms with van der Waals surface area (Å²) in [5, 5.41) is 4.59. The van der Waals surface area contributed by atoms with Crippen molar-refractivity contribution in [2.45, 2.75) is 76.0 Å². The van der Waals surface area contributed by atoms with Crippen LogP contribution in [0.15, 0.2) is 29.2 Å². The second-order valence-corrected chi connectivity index (χ2v) is 11.4. The summed E-state index contributed by atoms with van der Waals surface area (Å²) in [6.07, 6.45) is 8.71. The molecule has 1 heterocycles.